The van der Waals surface area contributed by atoms with E-state index in [9.17, 15) is 23.1 Å². The first-order chi connectivity index (χ1) is 25.6. The number of sulfonamides is 1. The molecule has 7 rings (SSSR count). The molecule has 0 radical (unpaired) electrons. The first kappa shape index (κ1) is 36.1. The topological polar surface area (TPSA) is 175 Å². The molecule has 2 atom stereocenters. The number of aromatic nitrogens is 6. The Hall–Kier alpha value is -5.28. The maximum atomic E-state index is 13.3. The average molecular weight is 741 g/mol. The number of aliphatic hydroxyl groups is 1. The summed E-state index contributed by atoms with van der Waals surface area (Å²) in [5.74, 6) is 1.54. The molecular formula is C38H44N8O6S. The van der Waals surface area contributed by atoms with E-state index >= 15 is 0 Å². The molecule has 1 aliphatic heterocycles. The smallest absolute Gasteiger partial charge is 0.368 e. The van der Waals surface area contributed by atoms with Crippen LogP contribution in [0.2, 0.25) is 0 Å². The lowest BCUT2D eigenvalue weighted by Crippen LogP contribution is -2.42. The van der Waals surface area contributed by atoms with Crippen molar-refractivity contribution in [2.45, 2.75) is 88.9 Å². The van der Waals surface area contributed by atoms with E-state index in [0.29, 0.717) is 47.6 Å². The fourth-order valence-corrected chi connectivity index (χ4v) is 8.30. The molecule has 2 aromatic carbocycles. The number of aliphatic hydroxyl groups excluding tert-OH is 1. The molecule has 14 nitrogen and oxygen atoms in total. The van der Waals surface area contributed by atoms with E-state index < -0.39 is 22.2 Å². The van der Waals surface area contributed by atoms with Gasteiger partial charge in [0.15, 0.2) is 6.10 Å². The van der Waals surface area contributed by atoms with Crippen molar-refractivity contribution in [1.29, 1.82) is 0 Å². The van der Waals surface area contributed by atoms with Gasteiger partial charge in [0, 0.05) is 41.9 Å². The van der Waals surface area contributed by atoms with Crippen molar-refractivity contribution in [3.05, 3.63) is 106 Å². The summed E-state index contributed by atoms with van der Waals surface area (Å²) in [5, 5.41) is 21.5. The first-order valence-corrected chi connectivity index (χ1v) is 19.6. The molecule has 5 aromatic rings. The number of anilines is 1. The number of carbonyl (C=O) groups is 1. The average Bonchev–Trinajstić information content (AvgIpc) is 3.90. The number of hydrogen-bond donors (Lipinski definition) is 3. The number of nitrogens with one attached hydrogen (secondary N) is 2. The lowest BCUT2D eigenvalue weighted by Gasteiger charge is -2.26. The fourth-order valence-electron chi connectivity index (χ4n) is 7.19. The number of hydrogen-bond acceptors (Lipinski definition) is 9. The molecule has 278 valence electrons. The van der Waals surface area contributed by atoms with Crippen molar-refractivity contribution in [1.82, 2.24) is 34.7 Å². The zero-order valence-corrected chi connectivity index (χ0v) is 30.6. The SMILES string of the molecule is Cc1ccc(C)n1-c1ccc([C@@H](O)CNC(=O)C2CCc3cc(S(=O)(=O)Nc4ccc(-n5nnn(CCCC6CCCC6)c5=O)cc4)ccc3O2)cn1. The Kier molecular flexibility index (Phi) is 10.5. The monoisotopic (exact) mass is 740 g/mol. The number of rotatable bonds is 13. The number of amides is 1. The highest BCUT2D eigenvalue weighted by Crippen LogP contribution is 2.31. The fraction of sp³-hybridized carbons (Fsp3) is 0.395. The van der Waals surface area contributed by atoms with Gasteiger partial charge in [0.25, 0.3) is 15.9 Å². The molecule has 1 unspecified atom stereocenters. The summed E-state index contributed by atoms with van der Waals surface area (Å²) in [6.07, 6.45) is 7.67. The van der Waals surface area contributed by atoms with Gasteiger partial charge >= 0.3 is 5.69 Å². The van der Waals surface area contributed by atoms with E-state index in [1.165, 1.54) is 41.1 Å². The van der Waals surface area contributed by atoms with Gasteiger partial charge in [-0.15, -0.1) is 0 Å². The molecule has 0 saturated heterocycles. The van der Waals surface area contributed by atoms with Gasteiger partial charge in [0.05, 0.1) is 16.7 Å². The molecule has 1 fully saturated rings. The standard InChI is InChI=1S/C38H44N8O6S/c1-25-9-10-26(2)45(25)36-20-12-29(23-39-36)33(47)24-40-37(48)35-18-11-28-22-32(17-19-34(28)52-35)53(50,51)41-30-13-15-31(16-14-30)46-38(49)44(42-43-46)21-5-8-27-6-3-4-7-27/h9-10,12-17,19-20,22-23,27,33,35,41,47H,3-8,11,18,21,24H2,1-2H3,(H,40,48)/t33-,35?/m0/s1. The highest BCUT2D eigenvalue weighted by Gasteiger charge is 2.28. The van der Waals surface area contributed by atoms with Crippen LogP contribution in [0.3, 0.4) is 0 Å². The van der Waals surface area contributed by atoms with Gasteiger partial charge < -0.3 is 19.7 Å². The van der Waals surface area contributed by atoms with Crippen molar-refractivity contribution in [3.63, 3.8) is 0 Å². The maximum absolute atomic E-state index is 13.3. The van der Waals surface area contributed by atoms with Crippen LogP contribution in [0, 0.1) is 19.8 Å². The number of aryl methyl sites for hydroxylation is 4. The van der Waals surface area contributed by atoms with Crippen LogP contribution in [0.4, 0.5) is 5.69 Å². The molecule has 0 spiro atoms. The Morgan fingerprint density at radius 2 is 1.74 bits per heavy atom. The quantitative estimate of drug-likeness (QED) is 0.157. The molecule has 15 heteroatoms. The summed E-state index contributed by atoms with van der Waals surface area (Å²) in [5.41, 5.74) is 3.80. The number of ether oxygens (including phenoxy) is 1. The van der Waals surface area contributed by atoms with E-state index in [-0.39, 0.29) is 23.0 Å². The van der Waals surface area contributed by atoms with Crippen LogP contribution in [-0.4, -0.2) is 61.4 Å². The molecule has 1 amide bonds. The Labute approximate surface area is 307 Å². The second-order valence-electron chi connectivity index (χ2n) is 13.9. The minimum absolute atomic E-state index is 0.0186. The summed E-state index contributed by atoms with van der Waals surface area (Å²) in [6.45, 7) is 4.49. The summed E-state index contributed by atoms with van der Waals surface area (Å²) < 4.78 is 39.8. The Morgan fingerprint density at radius 3 is 2.45 bits per heavy atom. The van der Waals surface area contributed by atoms with Crippen LogP contribution >= 0.6 is 0 Å². The predicted molar refractivity (Wildman–Crippen MR) is 198 cm³/mol. The Morgan fingerprint density at radius 1 is 0.981 bits per heavy atom. The van der Waals surface area contributed by atoms with E-state index in [4.69, 9.17) is 4.74 Å². The molecule has 3 N–H and O–H groups in total. The summed E-state index contributed by atoms with van der Waals surface area (Å²) in [6, 6.07) is 18.5. The molecule has 53 heavy (non-hydrogen) atoms. The van der Waals surface area contributed by atoms with Gasteiger partial charge in [-0.3, -0.25) is 9.52 Å². The van der Waals surface area contributed by atoms with Gasteiger partial charge in [-0.05, 0) is 122 Å². The number of carbonyl (C=O) groups excluding carboxylic acids is 1. The third-order valence-corrected chi connectivity index (χ3v) is 11.5. The number of fused-ring (bicyclic) bond motifs is 1. The van der Waals surface area contributed by atoms with Crippen molar-refractivity contribution < 1.29 is 23.1 Å². The zero-order chi connectivity index (χ0) is 37.1. The largest absolute Gasteiger partial charge is 0.480 e. The van der Waals surface area contributed by atoms with Gasteiger partial charge in [-0.25, -0.2) is 18.2 Å². The van der Waals surface area contributed by atoms with Crippen molar-refractivity contribution in [3.8, 4) is 17.3 Å². The third-order valence-electron chi connectivity index (χ3n) is 10.2. The van der Waals surface area contributed by atoms with Crippen LogP contribution in [0.15, 0.2) is 82.6 Å². The second-order valence-corrected chi connectivity index (χ2v) is 15.6. The Balaban J connectivity index is 0.913. The minimum Gasteiger partial charge on any atom is -0.480 e. The molecule has 0 bridgehead atoms. The van der Waals surface area contributed by atoms with Crippen LogP contribution < -0.4 is 20.5 Å². The lowest BCUT2D eigenvalue weighted by molar-refractivity contribution is -0.129. The summed E-state index contributed by atoms with van der Waals surface area (Å²) in [7, 11) is -3.96. The normalized spacial score (nSPS) is 16.5. The highest BCUT2D eigenvalue weighted by atomic mass is 32.2. The highest BCUT2D eigenvalue weighted by molar-refractivity contribution is 7.92. The molecular weight excluding hydrogens is 697 g/mol. The molecule has 1 saturated carbocycles. The van der Waals surface area contributed by atoms with E-state index in [1.54, 1.807) is 48.7 Å². The summed E-state index contributed by atoms with van der Waals surface area (Å²) in [4.78, 5) is 30.4. The number of nitrogens with zero attached hydrogens (tertiary/aromatic N) is 6. The van der Waals surface area contributed by atoms with Gasteiger partial charge in [0.2, 0.25) is 0 Å². The zero-order valence-electron chi connectivity index (χ0n) is 29.8. The van der Waals surface area contributed by atoms with Crippen LogP contribution in [0.25, 0.3) is 11.5 Å². The first-order valence-electron chi connectivity index (χ1n) is 18.1. The molecule has 4 heterocycles. The van der Waals surface area contributed by atoms with Crippen LogP contribution in [0.5, 0.6) is 5.75 Å². The minimum atomic E-state index is -3.96. The molecule has 3 aromatic heterocycles. The number of pyridine rings is 1. The van der Waals surface area contributed by atoms with Crippen LogP contribution in [-0.2, 0) is 27.8 Å². The second kappa shape index (κ2) is 15.4. The van der Waals surface area contributed by atoms with E-state index in [0.717, 1.165) is 36.0 Å². The molecule has 1 aliphatic carbocycles. The van der Waals surface area contributed by atoms with Gasteiger partial charge in [-0.2, -0.15) is 9.36 Å². The van der Waals surface area contributed by atoms with Crippen LogP contribution in [0.1, 0.15) is 73.6 Å². The Bertz CT molecular complexity index is 2220. The maximum Gasteiger partial charge on any atom is 0.368 e. The molecule has 2 aliphatic rings. The third kappa shape index (κ3) is 8.05. The van der Waals surface area contributed by atoms with E-state index in [1.807, 2.05) is 36.6 Å². The van der Waals surface area contributed by atoms with E-state index in [2.05, 4.69) is 25.4 Å². The number of tetrazole rings is 1. The number of benzene rings is 2. The van der Waals surface area contributed by atoms with Crippen molar-refractivity contribution >= 4 is 21.6 Å². The predicted octanol–water partition coefficient (Wildman–Crippen LogP) is 4.55. The van der Waals surface area contributed by atoms with Gasteiger partial charge in [-0.1, -0.05) is 31.7 Å². The van der Waals surface area contributed by atoms with Crippen molar-refractivity contribution in [2.75, 3.05) is 11.3 Å². The lowest BCUT2D eigenvalue weighted by atomic mass is 10.0. The van der Waals surface area contributed by atoms with Crippen molar-refractivity contribution in [2.24, 2.45) is 5.92 Å². The van der Waals surface area contributed by atoms with Gasteiger partial charge in [0.1, 0.15) is 11.6 Å². The summed E-state index contributed by atoms with van der Waals surface area (Å²) >= 11 is 0.